The van der Waals surface area contributed by atoms with Crippen molar-refractivity contribution in [3.05, 3.63) is 57.0 Å². The third kappa shape index (κ3) is 2.04. The molecule has 0 aliphatic carbocycles. The molecule has 0 radical (unpaired) electrons. The maximum atomic E-state index is 10.7. The van der Waals surface area contributed by atoms with E-state index in [4.69, 9.17) is 5.73 Å². The molecule has 1 unspecified atom stereocenters. The molecule has 1 aromatic heterocycles. The summed E-state index contributed by atoms with van der Waals surface area (Å²) >= 11 is 1.10. The molecule has 1 atom stereocenters. The zero-order chi connectivity index (χ0) is 13.4. The molecule has 3 rings (SSSR count). The van der Waals surface area contributed by atoms with E-state index in [2.05, 4.69) is 10.3 Å². The Bertz CT molecular complexity index is 680. The number of para-hydroxylation sites is 1. The van der Waals surface area contributed by atoms with Gasteiger partial charge in [0.2, 0.25) is 0 Å². The fraction of sp³-hybridized carbons (Fsp3) is 0.0833. The van der Waals surface area contributed by atoms with E-state index in [1.165, 1.54) is 6.07 Å². The van der Waals surface area contributed by atoms with Gasteiger partial charge in [0.1, 0.15) is 5.84 Å². The predicted octanol–water partition coefficient (Wildman–Crippen LogP) is 2.49. The number of hydrogen-bond donors (Lipinski definition) is 2. The summed E-state index contributed by atoms with van der Waals surface area (Å²) in [5.41, 5.74) is 7.66. The van der Waals surface area contributed by atoms with Crippen LogP contribution in [0.15, 0.2) is 41.4 Å². The molecule has 2 aromatic rings. The zero-order valence-electron chi connectivity index (χ0n) is 9.74. The van der Waals surface area contributed by atoms with Crippen LogP contribution in [0.4, 0.5) is 10.7 Å². The number of aliphatic imine (C=N–C) groups is 1. The van der Waals surface area contributed by atoms with E-state index < -0.39 is 4.92 Å². The maximum absolute atomic E-state index is 10.7. The van der Waals surface area contributed by atoms with Gasteiger partial charge in [0.25, 0.3) is 0 Å². The number of rotatable bonds is 2. The Kier molecular flexibility index (Phi) is 2.68. The monoisotopic (exact) mass is 274 g/mol. The van der Waals surface area contributed by atoms with Crippen LogP contribution in [0.2, 0.25) is 0 Å². The first kappa shape index (κ1) is 11.7. The van der Waals surface area contributed by atoms with Crippen LogP contribution in [-0.2, 0) is 0 Å². The molecule has 1 aliphatic rings. The maximum Gasteiger partial charge on any atom is 0.324 e. The van der Waals surface area contributed by atoms with Gasteiger partial charge in [0.05, 0.1) is 9.80 Å². The standard InChI is InChI=1S/C12H10N4O2S/c13-11-7-3-1-2-4-8(7)14-12(15-11)9-5-6-10(19-9)16(17)18/h1-6,12,14H,(H2,13,15). The highest BCUT2D eigenvalue weighted by atomic mass is 32.1. The van der Waals surface area contributed by atoms with Crippen LogP contribution in [0.3, 0.4) is 0 Å². The lowest BCUT2D eigenvalue weighted by Crippen LogP contribution is -2.24. The summed E-state index contributed by atoms with van der Waals surface area (Å²) in [7, 11) is 0. The second kappa shape index (κ2) is 4.36. The van der Waals surface area contributed by atoms with E-state index in [-0.39, 0.29) is 11.2 Å². The number of nitro groups is 1. The Balaban J connectivity index is 1.96. The Morgan fingerprint density at radius 3 is 2.84 bits per heavy atom. The average molecular weight is 274 g/mol. The van der Waals surface area contributed by atoms with Crippen LogP contribution in [0, 0.1) is 10.1 Å². The molecule has 2 heterocycles. The SMILES string of the molecule is NC1=NC(c2ccc([N+](=O)[O-])s2)Nc2ccccc21. The van der Waals surface area contributed by atoms with E-state index in [1.807, 2.05) is 24.3 Å². The van der Waals surface area contributed by atoms with Gasteiger partial charge in [-0.2, -0.15) is 0 Å². The lowest BCUT2D eigenvalue weighted by molar-refractivity contribution is -0.380. The largest absolute Gasteiger partial charge is 0.383 e. The third-order valence-corrected chi connectivity index (χ3v) is 3.91. The third-order valence-electron chi connectivity index (χ3n) is 2.83. The molecule has 3 N–H and O–H groups in total. The predicted molar refractivity (Wildman–Crippen MR) is 74.5 cm³/mol. The van der Waals surface area contributed by atoms with Crippen molar-refractivity contribution in [2.75, 3.05) is 5.32 Å². The minimum absolute atomic E-state index is 0.101. The Labute approximate surface area is 112 Å². The number of fused-ring (bicyclic) bond motifs is 1. The first-order chi connectivity index (χ1) is 9.15. The molecular formula is C12H10N4O2S. The van der Waals surface area contributed by atoms with Crippen LogP contribution < -0.4 is 11.1 Å². The van der Waals surface area contributed by atoms with E-state index in [9.17, 15) is 10.1 Å². The normalized spacial score (nSPS) is 17.3. The van der Waals surface area contributed by atoms with Crippen molar-refractivity contribution in [3.63, 3.8) is 0 Å². The Morgan fingerprint density at radius 2 is 2.11 bits per heavy atom. The summed E-state index contributed by atoms with van der Waals surface area (Å²) < 4.78 is 0. The highest BCUT2D eigenvalue weighted by Crippen LogP contribution is 2.34. The molecule has 0 saturated heterocycles. The van der Waals surface area contributed by atoms with Crippen molar-refractivity contribution in [3.8, 4) is 0 Å². The summed E-state index contributed by atoms with van der Waals surface area (Å²) in [6, 6.07) is 10.8. The molecular weight excluding hydrogens is 264 g/mol. The second-order valence-electron chi connectivity index (χ2n) is 4.04. The number of anilines is 1. The number of thiophene rings is 1. The second-order valence-corrected chi connectivity index (χ2v) is 5.13. The molecule has 19 heavy (non-hydrogen) atoms. The molecule has 0 fully saturated rings. The molecule has 7 heteroatoms. The van der Waals surface area contributed by atoms with Gasteiger partial charge < -0.3 is 11.1 Å². The minimum atomic E-state index is -0.405. The van der Waals surface area contributed by atoms with Gasteiger partial charge in [0.15, 0.2) is 6.17 Å². The molecule has 0 saturated carbocycles. The number of nitrogens with zero attached hydrogens (tertiary/aromatic N) is 2. The number of hydrogen-bond acceptors (Lipinski definition) is 6. The van der Waals surface area contributed by atoms with Crippen LogP contribution in [0.25, 0.3) is 0 Å². The Morgan fingerprint density at radius 1 is 1.32 bits per heavy atom. The van der Waals surface area contributed by atoms with E-state index in [0.717, 1.165) is 27.5 Å². The lowest BCUT2D eigenvalue weighted by Gasteiger charge is -2.22. The van der Waals surface area contributed by atoms with Gasteiger partial charge in [0, 0.05) is 17.3 Å². The lowest BCUT2D eigenvalue weighted by atomic mass is 10.1. The smallest absolute Gasteiger partial charge is 0.324 e. The fourth-order valence-corrected chi connectivity index (χ4v) is 2.75. The molecule has 96 valence electrons. The molecule has 1 aliphatic heterocycles. The van der Waals surface area contributed by atoms with E-state index in [0.29, 0.717) is 5.84 Å². The van der Waals surface area contributed by atoms with Crippen molar-refractivity contribution < 1.29 is 4.92 Å². The summed E-state index contributed by atoms with van der Waals surface area (Å²) in [6.45, 7) is 0. The van der Waals surface area contributed by atoms with Gasteiger partial charge in [-0.15, -0.1) is 0 Å². The van der Waals surface area contributed by atoms with Crippen molar-refractivity contribution in [2.45, 2.75) is 6.17 Å². The zero-order valence-corrected chi connectivity index (χ0v) is 10.6. The molecule has 6 nitrogen and oxygen atoms in total. The van der Waals surface area contributed by atoms with Crippen LogP contribution in [-0.4, -0.2) is 10.8 Å². The Hall–Kier alpha value is -2.41. The van der Waals surface area contributed by atoms with Gasteiger partial charge in [-0.25, -0.2) is 4.99 Å². The first-order valence-electron chi connectivity index (χ1n) is 5.58. The van der Waals surface area contributed by atoms with Crippen molar-refractivity contribution >= 4 is 27.9 Å². The minimum Gasteiger partial charge on any atom is -0.383 e. The summed E-state index contributed by atoms with van der Waals surface area (Å²) in [4.78, 5) is 15.4. The fourth-order valence-electron chi connectivity index (χ4n) is 1.94. The molecule has 0 spiro atoms. The summed E-state index contributed by atoms with van der Waals surface area (Å²) in [5, 5.41) is 14.0. The highest BCUT2D eigenvalue weighted by molar-refractivity contribution is 7.15. The topological polar surface area (TPSA) is 93.5 Å². The van der Waals surface area contributed by atoms with Crippen LogP contribution >= 0.6 is 11.3 Å². The molecule has 0 amide bonds. The average Bonchev–Trinajstić information content (AvgIpc) is 2.88. The van der Waals surface area contributed by atoms with Gasteiger partial charge in [-0.1, -0.05) is 23.5 Å². The van der Waals surface area contributed by atoms with Crippen molar-refractivity contribution in [2.24, 2.45) is 10.7 Å². The number of nitrogens with one attached hydrogen (secondary N) is 1. The quantitative estimate of drug-likeness (QED) is 0.649. The van der Waals surface area contributed by atoms with Crippen LogP contribution in [0.5, 0.6) is 0 Å². The molecule has 0 bridgehead atoms. The van der Waals surface area contributed by atoms with Gasteiger partial charge in [-0.3, -0.25) is 10.1 Å². The number of benzene rings is 1. The van der Waals surface area contributed by atoms with Crippen molar-refractivity contribution in [1.82, 2.24) is 0 Å². The van der Waals surface area contributed by atoms with E-state index >= 15 is 0 Å². The highest BCUT2D eigenvalue weighted by Gasteiger charge is 2.22. The first-order valence-corrected chi connectivity index (χ1v) is 6.40. The number of amidine groups is 1. The number of nitrogens with two attached hydrogens (primary N) is 1. The summed E-state index contributed by atoms with van der Waals surface area (Å²) in [5.74, 6) is 0.440. The van der Waals surface area contributed by atoms with Gasteiger partial charge in [-0.05, 0) is 18.2 Å². The van der Waals surface area contributed by atoms with Gasteiger partial charge >= 0.3 is 5.00 Å². The van der Waals surface area contributed by atoms with Crippen molar-refractivity contribution in [1.29, 1.82) is 0 Å². The summed E-state index contributed by atoms with van der Waals surface area (Å²) in [6.07, 6.45) is -0.367. The van der Waals surface area contributed by atoms with E-state index in [1.54, 1.807) is 6.07 Å². The molecule has 1 aromatic carbocycles. The van der Waals surface area contributed by atoms with Crippen LogP contribution in [0.1, 0.15) is 16.6 Å².